The Morgan fingerprint density at radius 1 is 1.09 bits per heavy atom. The summed E-state index contributed by atoms with van der Waals surface area (Å²) >= 11 is 5.28. The Balaban J connectivity index is 1.48. The van der Waals surface area contributed by atoms with Crippen molar-refractivity contribution < 1.29 is 4.79 Å². The minimum atomic E-state index is 0.104. The summed E-state index contributed by atoms with van der Waals surface area (Å²) in [6, 6.07) is 14.2. The maximum Gasteiger partial charge on any atom is 0.246 e. The van der Waals surface area contributed by atoms with Crippen molar-refractivity contribution in [1.29, 1.82) is 0 Å². The number of amides is 1. The van der Waals surface area contributed by atoms with Gasteiger partial charge in [0.1, 0.15) is 0 Å². The molecule has 0 spiro atoms. The molecule has 2 heterocycles. The van der Waals surface area contributed by atoms with Crippen molar-refractivity contribution in [3.05, 3.63) is 62.8 Å². The van der Waals surface area contributed by atoms with Crippen molar-refractivity contribution in [3.63, 3.8) is 0 Å². The van der Waals surface area contributed by atoms with E-state index in [9.17, 15) is 4.79 Å². The number of hydrogen-bond acceptors (Lipinski definition) is 3. The summed E-state index contributed by atoms with van der Waals surface area (Å²) in [5.74, 6) is 0.104. The molecule has 1 aliphatic rings. The third-order valence-corrected chi connectivity index (χ3v) is 5.52. The summed E-state index contributed by atoms with van der Waals surface area (Å²) < 4.78 is 1.17. The second-order valence-corrected chi connectivity index (χ2v) is 8.10. The number of piperazine rings is 1. The Hall–Kier alpha value is -1.43. The number of carbonyl (C=O) groups excluding carboxylic acids is 1. The fourth-order valence-corrected chi connectivity index (χ4v) is 4.15. The Morgan fingerprint density at radius 3 is 2.48 bits per heavy atom. The molecule has 5 heteroatoms. The molecule has 0 aliphatic carbocycles. The van der Waals surface area contributed by atoms with Gasteiger partial charge in [-0.15, -0.1) is 11.3 Å². The quantitative estimate of drug-likeness (QED) is 0.739. The summed E-state index contributed by atoms with van der Waals surface area (Å²) in [5.41, 5.74) is 1.06. The van der Waals surface area contributed by atoms with E-state index in [4.69, 9.17) is 0 Å². The average Bonchev–Trinajstić information content (AvgIpc) is 2.99. The lowest BCUT2D eigenvalue weighted by Gasteiger charge is -2.33. The van der Waals surface area contributed by atoms with Crippen LogP contribution in [0.3, 0.4) is 0 Å². The van der Waals surface area contributed by atoms with Gasteiger partial charge in [-0.2, -0.15) is 0 Å². The summed E-state index contributed by atoms with van der Waals surface area (Å²) in [5, 5.41) is 0. The zero-order valence-electron chi connectivity index (χ0n) is 12.8. The standard InChI is InChI=1S/C18H19BrN2OS/c19-17-8-7-16(23-17)14-20-10-12-21(13-11-20)18(22)9-6-15-4-2-1-3-5-15/h1-9H,10-14H2/b9-6+. The van der Waals surface area contributed by atoms with Crippen LogP contribution in [-0.2, 0) is 11.3 Å². The highest BCUT2D eigenvalue weighted by Crippen LogP contribution is 2.23. The second-order valence-electron chi connectivity index (χ2n) is 5.55. The Bertz CT molecular complexity index is 675. The number of carbonyl (C=O) groups is 1. The van der Waals surface area contributed by atoms with Crippen LogP contribution < -0.4 is 0 Å². The van der Waals surface area contributed by atoms with E-state index in [1.54, 1.807) is 17.4 Å². The number of benzene rings is 1. The molecule has 0 radical (unpaired) electrons. The molecule has 1 aliphatic heterocycles. The van der Waals surface area contributed by atoms with E-state index in [2.05, 4.69) is 33.0 Å². The van der Waals surface area contributed by atoms with Gasteiger partial charge in [0.05, 0.1) is 3.79 Å². The molecular weight excluding hydrogens is 372 g/mol. The molecule has 0 atom stereocenters. The first-order chi connectivity index (χ1) is 11.2. The zero-order valence-corrected chi connectivity index (χ0v) is 15.2. The summed E-state index contributed by atoms with van der Waals surface area (Å²) in [4.78, 5) is 18.0. The molecule has 3 rings (SSSR count). The van der Waals surface area contributed by atoms with Gasteiger partial charge >= 0.3 is 0 Å². The molecule has 0 bridgehead atoms. The van der Waals surface area contributed by atoms with Crippen LogP contribution in [0.1, 0.15) is 10.4 Å². The van der Waals surface area contributed by atoms with E-state index in [0.717, 1.165) is 38.3 Å². The van der Waals surface area contributed by atoms with Crippen LogP contribution in [-0.4, -0.2) is 41.9 Å². The van der Waals surface area contributed by atoms with Crippen molar-refractivity contribution in [2.24, 2.45) is 0 Å². The fraction of sp³-hybridized carbons (Fsp3) is 0.278. The maximum absolute atomic E-state index is 12.3. The summed E-state index contributed by atoms with van der Waals surface area (Å²) in [6.07, 6.45) is 3.57. The molecule has 1 fully saturated rings. The van der Waals surface area contributed by atoms with Gasteiger partial charge in [0.25, 0.3) is 0 Å². The van der Waals surface area contributed by atoms with Gasteiger partial charge < -0.3 is 4.90 Å². The first kappa shape index (κ1) is 16.4. The monoisotopic (exact) mass is 390 g/mol. The van der Waals surface area contributed by atoms with Crippen molar-refractivity contribution in [3.8, 4) is 0 Å². The molecule has 1 aromatic heterocycles. The second kappa shape index (κ2) is 7.90. The Morgan fingerprint density at radius 2 is 1.83 bits per heavy atom. The minimum Gasteiger partial charge on any atom is -0.337 e. The van der Waals surface area contributed by atoms with E-state index in [1.165, 1.54) is 8.66 Å². The van der Waals surface area contributed by atoms with Gasteiger partial charge in [-0.1, -0.05) is 30.3 Å². The first-order valence-corrected chi connectivity index (χ1v) is 9.30. The summed E-state index contributed by atoms with van der Waals surface area (Å²) in [7, 11) is 0. The van der Waals surface area contributed by atoms with E-state index in [-0.39, 0.29) is 5.91 Å². The highest BCUT2D eigenvalue weighted by Gasteiger charge is 2.19. The van der Waals surface area contributed by atoms with Crippen LogP contribution in [0.15, 0.2) is 52.3 Å². The molecule has 1 aromatic carbocycles. The topological polar surface area (TPSA) is 23.6 Å². The number of hydrogen-bond donors (Lipinski definition) is 0. The highest BCUT2D eigenvalue weighted by molar-refractivity contribution is 9.11. The van der Waals surface area contributed by atoms with Gasteiger partial charge in [0, 0.05) is 43.7 Å². The molecule has 0 saturated carbocycles. The van der Waals surface area contributed by atoms with Gasteiger partial charge in [0.15, 0.2) is 0 Å². The number of rotatable bonds is 4. The van der Waals surface area contributed by atoms with E-state index >= 15 is 0 Å². The molecule has 0 N–H and O–H groups in total. The van der Waals surface area contributed by atoms with Gasteiger partial charge in [-0.25, -0.2) is 0 Å². The third-order valence-electron chi connectivity index (χ3n) is 3.91. The summed E-state index contributed by atoms with van der Waals surface area (Å²) in [6.45, 7) is 4.42. The normalized spacial score (nSPS) is 16.1. The smallest absolute Gasteiger partial charge is 0.246 e. The number of nitrogens with zero attached hydrogens (tertiary/aromatic N) is 2. The molecule has 2 aromatic rings. The molecule has 1 amide bonds. The number of halogens is 1. The SMILES string of the molecule is O=C(/C=C/c1ccccc1)N1CCN(Cc2ccc(Br)s2)CC1. The Kier molecular flexibility index (Phi) is 5.65. The first-order valence-electron chi connectivity index (χ1n) is 7.69. The largest absolute Gasteiger partial charge is 0.337 e. The average molecular weight is 391 g/mol. The molecule has 3 nitrogen and oxygen atoms in total. The van der Waals surface area contributed by atoms with Gasteiger partial charge in [0.2, 0.25) is 5.91 Å². The predicted molar refractivity (Wildman–Crippen MR) is 99.4 cm³/mol. The number of thiophene rings is 1. The third kappa shape index (κ3) is 4.77. The Labute approximate surface area is 149 Å². The van der Waals surface area contributed by atoms with Crippen molar-refractivity contribution in [2.75, 3.05) is 26.2 Å². The lowest BCUT2D eigenvalue weighted by atomic mass is 10.2. The van der Waals surface area contributed by atoms with Crippen LogP contribution >= 0.6 is 27.3 Å². The lowest BCUT2D eigenvalue weighted by molar-refractivity contribution is -0.127. The van der Waals surface area contributed by atoms with Crippen molar-refractivity contribution in [2.45, 2.75) is 6.54 Å². The molecule has 1 saturated heterocycles. The van der Waals surface area contributed by atoms with Crippen LogP contribution in [0.25, 0.3) is 6.08 Å². The van der Waals surface area contributed by atoms with Crippen LogP contribution in [0.5, 0.6) is 0 Å². The van der Waals surface area contributed by atoms with Gasteiger partial charge in [-0.3, -0.25) is 9.69 Å². The van der Waals surface area contributed by atoms with E-state index in [1.807, 2.05) is 41.3 Å². The fourth-order valence-electron chi connectivity index (χ4n) is 2.62. The molecule has 23 heavy (non-hydrogen) atoms. The van der Waals surface area contributed by atoms with Crippen LogP contribution in [0.2, 0.25) is 0 Å². The predicted octanol–water partition coefficient (Wildman–Crippen LogP) is 3.87. The van der Waals surface area contributed by atoms with E-state index in [0.29, 0.717) is 0 Å². The van der Waals surface area contributed by atoms with Crippen molar-refractivity contribution >= 4 is 39.2 Å². The van der Waals surface area contributed by atoms with Crippen LogP contribution in [0.4, 0.5) is 0 Å². The molecule has 0 unspecified atom stereocenters. The zero-order chi connectivity index (χ0) is 16.1. The van der Waals surface area contributed by atoms with Crippen molar-refractivity contribution in [1.82, 2.24) is 9.80 Å². The highest BCUT2D eigenvalue weighted by atomic mass is 79.9. The van der Waals surface area contributed by atoms with Gasteiger partial charge in [-0.05, 0) is 39.7 Å². The lowest BCUT2D eigenvalue weighted by Crippen LogP contribution is -2.47. The molecule has 120 valence electrons. The minimum absolute atomic E-state index is 0.104. The molecular formula is C18H19BrN2OS. The van der Waals surface area contributed by atoms with E-state index < -0.39 is 0 Å². The maximum atomic E-state index is 12.3. The van der Waals surface area contributed by atoms with Crippen LogP contribution in [0, 0.1) is 0 Å².